The fourth-order valence-corrected chi connectivity index (χ4v) is 2.34. The van der Waals surface area contributed by atoms with E-state index >= 15 is 0 Å². The Kier molecular flexibility index (Phi) is 3.93. The van der Waals surface area contributed by atoms with Crippen LogP contribution in [0.15, 0.2) is 0 Å². The highest BCUT2D eigenvalue weighted by molar-refractivity contribution is 4.77. The minimum absolute atomic E-state index is 0.570. The van der Waals surface area contributed by atoms with E-state index in [0.29, 0.717) is 0 Å². The van der Waals surface area contributed by atoms with Gasteiger partial charge in [-0.25, -0.2) is 0 Å². The lowest BCUT2D eigenvalue weighted by Gasteiger charge is -2.27. The van der Waals surface area contributed by atoms with Crippen molar-refractivity contribution >= 4 is 0 Å². The van der Waals surface area contributed by atoms with Crippen LogP contribution in [-0.4, -0.2) is 60.8 Å². The molecular weight excluding hydrogens is 176 g/mol. The molecule has 3 heteroatoms. The highest BCUT2D eigenvalue weighted by Crippen LogP contribution is 2.16. The molecule has 0 bridgehead atoms. The Balaban J connectivity index is 2.24. The van der Waals surface area contributed by atoms with Gasteiger partial charge in [0, 0.05) is 19.6 Å². The Morgan fingerprint density at radius 1 is 1.50 bits per heavy atom. The highest BCUT2D eigenvalue weighted by atomic mass is 16.3. The first-order valence-corrected chi connectivity index (χ1v) is 5.46. The molecule has 1 atom stereocenters. The Labute approximate surface area is 87.7 Å². The first kappa shape index (κ1) is 12.0. The number of hydrogen-bond donors (Lipinski definition) is 1. The van der Waals surface area contributed by atoms with Crippen LogP contribution in [-0.2, 0) is 0 Å². The van der Waals surface area contributed by atoms with Crippen LogP contribution in [0.2, 0.25) is 0 Å². The molecule has 0 aromatic rings. The lowest BCUT2D eigenvalue weighted by Crippen LogP contribution is -2.39. The van der Waals surface area contributed by atoms with Crippen LogP contribution in [0.25, 0.3) is 0 Å². The monoisotopic (exact) mass is 200 g/mol. The summed E-state index contributed by atoms with van der Waals surface area (Å²) in [4.78, 5) is 4.62. The molecular formula is C11H24N2O. The minimum Gasteiger partial charge on any atom is -0.389 e. The van der Waals surface area contributed by atoms with E-state index in [1.807, 2.05) is 13.8 Å². The second-order valence-corrected chi connectivity index (χ2v) is 5.43. The molecule has 0 aromatic carbocycles. The largest absolute Gasteiger partial charge is 0.389 e. The Morgan fingerprint density at radius 2 is 2.14 bits per heavy atom. The number of likely N-dealkylation sites (tertiary alicyclic amines) is 1. The second kappa shape index (κ2) is 4.60. The molecule has 1 heterocycles. The van der Waals surface area contributed by atoms with Crippen molar-refractivity contribution in [2.45, 2.75) is 25.9 Å². The number of nitrogens with zero attached hydrogens (tertiary/aromatic N) is 2. The molecule has 84 valence electrons. The third-order valence-corrected chi connectivity index (χ3v) is 2.72. The van der Waals surface area contributed by atoms with Crippen molar-refractivity contribution in [3.8, 4) is 0 Å². The maximum absolute atomic E-state index is 9.66. The number of rotatable bonds is 4. The molecule has 3 nitrogen and oxygen atoms in total. The fourth-order valence-electron chi connectivity index (χ4n) is 2.34. The summed E-state index contributed by atoms with van der Waals surface area (Å²) in [6.45, 7) is 8.02. The van der Waals surface area contributed by atoms with Crippen LogP contribution in [0.5, 0.6) is 0 Å². The van der Waals surface area contributed by atoms with E-state index in [9.17, 15) is 5.11 Å². The van der Waals surface area contributed by atoms with Gasteiger partial charge in [0.05, 0.1) is 5.60 Å². The molecule has 1 N–H and O–H groups in total. The predicted molar refractivity (Wildman–Crippen MR) is 59.4 cm³/mol. The van der Waals surface area contributed by atoms with Crippen molar-refractivity contribution in [1.29, 1.82) is 0 Å². The molecule has 1 fully saturated rings. The van der Waals surface area contributed by atoms with E-state index in [-0.39, 0.29) is 0 Å². The average Bonchev–Trinajstić information content (AvgIpc) is 2.30. The molecule has 1 saturated heterocycles. The van der Waals surface area contributed by atoms with Crippen molar-refractivity contribution in [2.24, 2.45) is 5.92 Å². The number of aliphatic hydroxyl groups is 1. The van der Waals surface area contributed by atoms with Gasteiger partial charge in [0.1, 0.15) is 0 Å². The lowest BCUT2D eigenvalue weighted by atomic mass is 10.1. The molecule has 0 aromatic heterocycles. The molecule has 1 aliphatic heterocycles. The van der Waals surface area contributed by atoms with Crippen LogP contribution in [0.3, 0.4) is 0 Å². The van der Waals surface area contributed by atoms with Crippen molar-refractivity contribution < 1.29 is 5.11 Å². The van der Waals surface area contributed by atoms with E-state index in [4.69, 9.17) is 0 Å². The third kappa shape index (κ3) is 4.40. The summed E-state index contributed by atoms with van der Waals surface area (Å²) in [6.07, 6.45) is 1.30. The zero-order valence-electron chi connectivity index (χ0n) is 9.95. The van der Waals surface area contributed by atoms with Crippen LogP contribution >= 0.6 is 0 Å². The van der Waals surface area contributed by atoms with Gasteiger partial charge in [-0.3, -0.25) is 0 Å². The molecule has 0 aliphatic carbocycles. The van der Waals surface area contributed by atoms with Crippen molar-refractivity contribution in [2.75, 3.05) is 40.3 Å². The van der Waals surface area contributed by atoms with Gasteiger partial charge in [-0.05, 0) is 46.8 Å². The Morgan fingerprint density at radius 3 is 2.57 bits per heavy atom. The van der Waals surface area contributed by atoms with Gasteiger partial charge in [-0.2, -0.15) is 0 Å². The van der Waals surface area contributed by atoms with Gasteiger partial charge in [-0.15, -0.1) is 0 Å². The summed E-state index contributed by atoms with van der Waals surface area (Å²) in [7, 11) is 4.27. The van der Waals surface area contributed by atoms with Crippen molar-refractivity contribution in [3.05, 3.63) is 0 Å². The minimum atomic E-state index is -0.570. The Bertz CT molecular complexity index is 177. The predicted octanol–water partition coefficient (Wildman–Crippen LogP) is 0.641. The van der Waals surface area contributed by atoms with E-state index in [0.717, 1.165) is 19.0 Å². The number of hydrogen-bond acceptors (Lipinski definition) is 3. The SMILES string of the molecule is CN1CCC(CN(C)CC(C)(C)O)C1. The normalized spacial score (nSPS) is 24.9. The second-order valence-electron chi connectivity index (χ2n) is 5.43. The maximum Gasteiger partial charge on any atom is 0.0718 e. The smallest absolute Gasteiger partial charge is 0.0718 e. The quantitative estimate of drug-likeness (QED) is 0.721. The summed E-state index contributed by atoms with van der Waals surface area (Å²) in [5.74, 6) is 0.785. The van der Waals surface area contributed by atoms with E-state index < -0.39 is 5.60 Å². The Hall–Kier alpha value is -0.120. The van der Waals surface area contributed by atoms with Gasteiger partial charge in [-0.1, -0.05) is 0 Å². The molecule has 0 saturated carbocycles. The molecule has 1 aliphatic rings. The fraction of sp³-hybridized carbons (Fsp3) is 1.00. The molecule has 1 rings (SSSR count). The topological polar surface area (TPSA) is 26.7 Å². The van der Waals surface area contributed by atoms with Gasteiger partial charge in [0.25, 0.3) is 0 Å². The summed E-state index contributed by atoms with van der Waals surface area (Å²) < 4.78 is 0. The molecule has 1 unspecified atom stereocenters. The third-order valence-electron chi connectivity index (χ3n) is 2.72. The lowest BCUT2D eigenvalue weighted by molar-refractivity contribution is 0.0406. The van der Waals surface area contributed by atoms with Crippen LogP contribution in [0.4, 0.5) is 0 Å². The highest BCUT2D eigenvalue weighted by Gasteiger charge is 2.23. The summed E-state index contributed by atoms with van der Waals surface area (Å²) in [6, 6.07) is 0. The van der Waals surface area contributed by atoms with E-state index in [1.54, 1.807) is 0 Å². The van der Waals surface area contributed by atoms with Crippen LogP contribution in [0.1, 0.15) is 20.3 Å². The molecule has 14 heavy (non-hydrogen) atoms. The average molecular weight is 200 g/mol. The van der Waals surface area contributed by atoms with Gasteiger partial charge in [0.15, 0.2) is 0 Å². The maximum atomic E-state index is 9.66. The standard InChI is InChI=1S/C11H24N2O/c1-11(2,14)9-13(4)8-10-5-6-12(3)7-10/h10,14H,5-9H2,1-4H3. The molecule has 0 amide bonds. The van der Waals surface area contributed by atoms with Crippen LogP contribution < -0.4 is 0 Å². The van der Waals surface area contributed by atoms with Crippen LogP contribution in [0, 0.1) is 5.92 Å². The zero-order valence-corrected chi connectivity index (χ0v) is 9.95. The van der Waals surface area contributed by atoms with Crippen molar-refractivity contribution in [3.63, 3.8) is 0 Å². The van der Waals surface area contributed by atoms with Gasteiger partial charge in [0.2, 0.25) is 0 Å². The van der Waals surface area contributed by atoms with E-state index in [1.165, 1.54) is 19.5 Å². The first-order valence-electron chi connectivity index (χ1n) is 5.46. The molecule has 0 spiro atoms. The summed E-state index contributed by atoms with van der Waals surface area (Å²) in [5, 5.41) is 9.66. The zero-order chi connectivity index (χ0) is 10.8. The molecule has 0 radical (unpaired) electrons. The first-order chi connectivity index (χ1) is 6.37. The number of likely N-dealkylation sites (N-methyl/N-ethyl adjacent to an activating group) is 1. The van der Waals surface area contributed by atoms with Gasteiger partial charge < -0.3 is 14.9 Å². The summed E-state index contributed by atoms with van der Waals surface area (Å²) in [5.41, 5.74) is -0.570. The van der Waals surface area contributed by atoms with Crippen molar-refractivity contribution in [1.82, 2.24) is 9.80 Å². The van der Waals surface area contributed by atoms with Gasteiger partial charge >= 0.3 is 0 Å². The van der Waals surface area contributed by atoms with E-state index in [2.05, 4.69) is 23.9 Å². The summed E-state index contributed by atoms with van der Waals surface area (Å²) >= 11 is 0.